The minimum absolute atomic E-state index is 0.00598. The van der Waals surface area contributed by atoms with E-state index in [1.807, 2.05) is 0 Å². The molecule has 9 heteroatoms. The highest BCUT2D eigenvalue weighted by Gasteiger charge is 2.20. The van der Waals surface area contributed by atoms with Gasteiger partial charge in [-0.1, -0.05) is 0 Å². The van der Waals surface area contributed by atoms with E-state index >= 15 is 0 Å². The summed E-state index contributed by atoms with van der Waals surface area (Å²) < 4.78 is 27.0. The van der Waals surface area contributed by atoms with Gasteiger partial charge in [-0.3, -0.25) is 9.82 Å². The summed E-state index contributed by atoms with van der Waals surface area (Å²) in [6, 6.07) is 3.68. The number of aryl methyl sites for hydroxylation is 1. The molecule has 20 heavy (non-hydrogen) atoms. The molecule has 1 aromatic carbocycles. The Kier molecular flexibility index (Phi) is 3.82. The number of aromatic carboxylic acids is 1. The van der Waals surface area contributed by atoms with Gasteiger partial charge in [-0.25, -0.2) is 13.2 Å². The number of nitrogens with zero attached hydrogens (tertiary/aromatic N) is 1. The highest BCUT2D eigenvalue weighted by atomic mass is 79.9. The van der Waals surface area contributed by atoms with Gasteiger partial charge in [0.15, 0.2) is 0 Å². The summed E-state index contributed by atoms with van der Waals surface area (Å²) in [5, 5.41) is 15.1. The number of H-pyrrole nitrogens is 1. The molecule has 0 aliphatic rings. The van der Waals surface area contributed by atoms with Crippen LogP contribution >= 0.6 is 15.9 Å². The maximum Gasteiger partial charge on any atom is 0.335 e. The Morgan fingerprint density at radius 2 is 2.15 bits per heavy atom. The van der Waals surface area contributed by atoms with Gasteiger partial charge < -0.3 is 5.11 Å². The highest BCUT2D eigenvalue weighted by Crippen LogP contribution is 2.25. The van der Waals surface area contributed by atoms with Crippen molar-refractivity contribution in [1.29, 1.82) is 0 Å². The summed E-state index contributed by atoms with van der Waals surface area (Å²) in [7, 11) is -3.84. The molecule has 1 aromatic heterocycles. The van der Waals surface area contributed by atoms with Crippen LogP contribution in [0.25, 0.3) is 0 Å². The van der Waals surface area contributed by atoms with E-state index in [2.05, 4.69) is 30.8 Å². The van der Waals surface area contributed by atoms with Crippen molar-refractivity contribution in [3.63, 3.8) is 0 Å². The molecule has 0 fully saturated rings. The fourth-order valence-electron chi connectivity index (χ4n) is 1.49. The van der Waals surface area contributed by atoms with Crippen molar-refractivity contribution in [3.05, 3.63) is 40.0 Å². The minimum atomic E-state index is -3.84. The number of nitrogens with one attached hydrogen (secondary N) is 2. The molecule has 0 saturated carbocycles. The topological polar surface area (TPSA) is 112 Å². The van der Waals surface area contributed by atoms with Crippen molar-refractivity contribution in [2.24, 2.45) is 0 Å². The number of hydrogen-bond donors (Lipinski definition) is 3. The average Bonchev–Trinajstić information content (AvgIpc) is 2.73. The smallest absolute Gasteiger partial charge is 0.335 e. The van der Waals surface area contributed by atoms with Crippen LogP contribution in [0.1, 0.15) is 15.9 Å². The van der Waals surface area contributed by atoms with E-state index in [9.17, 15) is 13.2 Å². The van der Waals surface area contributed by atoms with E-state index in [4.69, 9.17) is 5.11 Å². The number of anilines is 1. The van der Waals surface area contributed by atoms with Gasteiger partial charge in [-0.15, -0.1) is 0 Å². The van der Waals surface area contributed by atoms with Crippen LogP contribution in [-0.4, -0.2) is 29.7 Å². The van der Waals surface area contributed by atoms with E-state index in [1.54, 1.807) is 6.92 Å². The van der Waals surface area contributed by atoms with Gasteiger partial charge >= 0.3 is 5.97 Å². The molecule has 7 nitrogen and oxygen atoms in total. The molecule has 0 unspecified atom stereocenters. The number of carbonyl (C=O) groups is 1. The standard InChI is InChI=1S/C11H10BrN3O4S/c1-6-5-13-14-10(6)15-20(18,19)9-3-2-7(11(16)17)4-8(9)12/h2-5H,1H3,(H,16,17)(H2,13,14,15). The number of benzene rings is 1. The molecule has 1 heterocycles. The predicted octanol–water partition coefficient (Wildman–Crippen LogP) is 1.98. The van der Waals surface area contributed by atoms with Crippen LogP contribution in [0.3, 0.4) is 0 Å². The Labute approximate surface area is 123 Å². The Morgan fingerprint density at radius 1 is 1.45 bits per heavy atom. The first-order valence-corrected chi connectivity index (χ1v) is 7.64. The Hall–Kier alpha value is -1.87. The summed E-state index contributed by atoms with van der Waals surface area (Å²) in [5.74, 6) is -0.869. The first kappa shape index (κ1) is 14.5. The van der Waals surface area contributed by atoms with Gasteiger partial charge in [-0.2, -0.15) is 5.10 Å². The van der Waals surface area contributed by atoms with E-state index in [0.29, 0.717) is 5.56 Å². The second-order valence-corrected chi connectivity index (χ2v) is 6.49. The number of carboxylic acids is 1. The molecule has 0 bridgehead atoms. The van der Waals surface area contributed by atoms with Gasteiger partial charge in [0.1, 0.15) is 10.7 Å². The molecule has 3 N–H and O–H groups in total. The second kappa shape index (κ2) is 5.25. The molecule has 0 amide bonds. The van der Waals surface area contributed by atoms with Crippen LogP contribution in [0, 0.1) is 6.92 Å². The summed E-state index contributed by atoms with van der Waals surface area (Å²) >= 11 is 3.07. The molecule has 2 rings (SSSR count). The summed E-state index contributed by atoms with van der Waals surface area (Å²) in [6.07, 6.45) is 1.49. The molecule has 0 saturated heterocycles. The van der Waals surface area contributed by atoms with Crippen molar-refractivity contribution < 1.29 is 18.3 Å². The molecule has 0 aliphatic carbocycles. The van der Waals surface area contributed by atoms with E-state index in [1.165, 1.54) is 24.4 Å². The van der Waals surface area contributed by atoms with Gasteiger partial charge in [0.2, 0.25) is 0 Å². The quantitative estimate of drug-likeness (QED) is 0.772. The van der Waals surface area contributed by atoms with Crippen molar-refractivity contribution >= 4 is 37.7 Å². The lowest BCUT2D eigenvalue weighted by atomic mass is 10.2. The first-order valence-electron chi connectivity index (χ1n) is 5.37. The van der Waals surface area contributed by atoms with E-state index < -0.39 is 16.0 Å². The fourth-order valence-corrected chi connectivity index (χ4v) is 3.66. The number of hydrogen-bond acceptors (Lipinski definition) is 4. The third-order valence-corrected chi connectivity index (χ3v) is 4.86. The minimum Gasteiger partial charge on any atom is -0.478 e. The number of rotatable bonds is 4. The van der Waals surface area contributed by atoms with Crippen molar-refractivity contribution in [3.8, 4) is 0 Å². The lowest BCUT2D eigenvalue weighted by Crippen LogP contribution is -2.15. The molecule has 2 aromatic rings. The number of aromatic amines is 1. The number of carboxylic acid groups (broad SMARTS) is 1. The monoisotopic (exact) mass is 359 g/mol. The van der Waals surface area contributed by atoms with Crippen LogP contribution in [0.2, 0.25) is 0 Å². The predicted molar refractivity (Wildman–Crippen MR) is 75.2 cm³/mol. The van der Waals surface area contributed by atoms with Gasteiger partial charge in [0, 0.05) is 10.0 Å². The van der Waals surface area contributed by atoms with Crippen molar-refractivity contribution in [1.82, 2.24) is 10.2 Å². The molecular formula is C11H10BrN3O4S. The maximum atomic E-state index is 12.2. The Balaban J connectivity index is 2.40. The zero-order chi connectivity index (χ0) is 14.9. The molecule has 0 spiro atoms. The highest BCUT2D eigenvalue weighted by molar-refractivity contribution is 9.10. The average molecular weight is 360 g/mol. The Morgan fingerprint density at radius 3 is 2.65 bits per heavy atom. The van der Waals surface area contributed by atoms with Crippen LogP contribution < -0.4 is 4.72 Å². The summed E-state index contributed by atoms with van der Waals surface area (Å²) in [6.45, 7) is 1.70. The number of sulfonamides is 1. The van der Waals surface area contributed by atoms with Crippen LogP contribution in [0.5, 0.6) is 0 Å². The summed E-state index contributed by atoms with van der Waals surface area (Å²) in [5.41, 5.74) is 0.639. The van der Waals surface area contributed by atoms with Crippen LogP contribution in [0.4, 0.5) is 5.82 Å². The molecule has 0 radical (unpaired) electrons. The Bertz CT molecular complexity index is 770. The molecule has 0 atom stereocenters. The van der Waals surface area contributed by atoms with Crippen molar-refractivity contribution in [2.75, 3.05) is 4.72 Å². The normalized spacial score (nSPS) is 11.3. The SMILES string of the molecule is Cc1cn[nH]c1NS(=O)(=O)c1ccc(C(=O)O)cc1Br. The molecule has 0 aliphatic heterocycles. The van der Waals surface area contributed by atoms with Gasteiger partial charge in [-0.05, 0) is 41.1 Å². The number of halogens is 1. The van der Waals surface area contributed by atoms with Gasteiger partial charge in [0.25, 0.3) is 10.0 Å². The number of aromatic nitrogens is 2. The second-order valence-electron chi connectivity index (χ2n) is 3.98. The largest absolute Gasteiger partial charge is 0.478 e. The van der Waals surface area contributed by atoms with Crippen LogP contribution in [-0.2, 0) is 10.0 Å². The third-order valence-electron chi connectivity index (χ3n) is 2.53. The maximum absolute atomic E-state index is 12.2. The summed E-state index contributed by atoms with van der Waals surface area (Å²) in [4.78, 5) is 10.8. The zero-order valence-corrected chi connectivity index (χ0v) is 12.6. The zero-order valence-electron chi connectivity index (χ0n) is 10.2. The molecule has 106 valence electrons. The van der Waals surface area contributed by atoms with Gasteiger partial charge in [0.05, 0.1) is 11.8 Å². The lowest BCUT2D eigenvalue weighted by molar-refractivity contribution is 0.0696. The van der Waals surface area contributed by atoms with Crippen LogP contribution in [0.15, 0.2) is 33.8 Å². The van der Waals surface area contributed by atoms with E-state index in [-0.39, 0.29) is 20.7 Å². The lowest BCUT2D eigenvalue weighted by Gasteiger charge is -2.09. The fraction of sp³-hybridized carbons (Fsp3) is 0.0909. The van der Waals surface area contributed by atoms with E-state index in [0.717, 1.165) is 0 Å². The molecular weight excluding hydrogens is 350 g/mol. The third kappa shape index (κ3) is 2.83. The van der Waals surface area contributed by atoms with Crippen molar-refractivity contribution in [2.45, 2.75) is 11.8 Å². The first-order chi connectivity index (χ1) is 9.31.